The fourth-order valence-electron chi connectivity index (χ4n) is 2.84. The van der Waals surface area contributed by atoms with E-state index in [1.165, 1.54) is 0 Å². The number of rotatable bonds is 4. The molecule has 4 nitrogen and oxygen atoms in total. The molecule has 0 aliphatic heterocycles. The van der Waals surface area contributed by atoms with Crippen LogP contribution in [0.15, 0.2) is 16.7 Å². The van der Waals surface area contributed by atoms with Crippen LogP contribution in [-0.4, -0.2) is 24.4 Å². The van der Waals surface area contributed by atoms with E-state index in [1.807, 2.05) is 20.0 Å². The Morgan fingerprint density at radius 2 is 2.33 bits per heavy atom. The van der Waals surface area contributed by atoms with Gasteiger partial charge < -0.3 is 15.1 Å². The summed E-state index contributed by atoms with van der Waals surface area (Å²) in [6.45, 7) is 3.16. The van der Waals surface area contributed by atoms with Gasteiger partial charge in [0.05, 0.1) is 6.26 Å². The summed E-state index contributed by atoms with van der Waals surface area (Å²) in [5, 5.41) is 0. The minimum atomic E-state index is 0.118. The fourth-order valence-corrected chi connectivity index (χ4v) is 2.84. The first kappa shape index (κ1) is 13.1. The Kier molecular flexibility index (Phi) is 4.07. The molecule has 2 atom stereocenters. The molecule has 0 bridgehead atoms. The third-order valence-corrected chi connectivity index (χ3v) is 4.03. The van der Waals surface area contributed by atoms with Crippen LogP contribution in [0.1, 0.15) is 30.6 Å². The maximum atomic E-state index is 12.4. The average Bonchev–Trinajstić information content (AvgIpc) is 2.97. The lowest BCUT2D eigenvalue weighted by Gasteiger charge is -2.24. The van der Waals surface area contributed by atoms with Crippen LogP contribution in [0.2, 0.25) is 0 Å². The van der Waals surface area contributed by atoms with Crippen LogP contribution in [0.3, 0.4) is 0 Å². The van der Waals surface area contributed by atoms with E-state index in [0.717, 1.165) is 30.6 Å². The smallest absolute Gasteiger partial charge is 0.226 e. The highest BCUT2D eigenvalue weighted by Gasteiger charge is 2.33. The highest BCUT2D eigenvalue weighted by molar-refractivity contribution is 5.79. The van der Waals surface area contributed by atoms with E-state index in [1.54, 1.807) is 11.2 Å². The first-order valence-corrected chi connectivity index (χ1v) is 6.61. The van der Waals surface area contributed by atoms with Gasteiger partial charge in [-0.3, -0.25) is 4.79 Å². The highest BCUT2D eigenvalue weighted by Crippen LogP contribution is 2.32. The van der Waals surface area contributed by atoms with E-state index in [-0.39, 0.29) is 11.8 Å². The van der Waals surface area contributed by atoms with E-state index in [0.29, 0.717) is 19.0 Å². The quantitative estimate of drug-likeness (QED) is 0.888. The van der Waals surface area contributed by atoms with Gasteiger partial charge in [-0.15, -0.1) is 0 Å². The van der Waals surface area contributed by atoms with Crippen molar-refractivity contribution in [3.63, 3.8) is 0 Å². The van der Waals surface area contributed by atoms with Gasteiger partial charge in [-0.25, -0.2) is 0 Å². The van der Waals surface area contributed by atoms with Crippen molar-refractivity contribution in [3.8, 4) is 0 Å². The summed E-state index contributed by atoms with van der Waals surface area (Å²) in [5.41, 5.74) is 6.81. The van der Waals surface area contributed by atoms with Crippen LogP contribution < -0.4 is 5.73 Å². The van der Waals surface area contributed by atoms with Crippen LogP contribution in [0.25, 0.3) is 0 Å². The van der Waals surface area contributed by atoms with Gasteiger partial charge in [-0.05, 0) is 38.3 Å². The molecule has 2 unspecified atom stereocenters. The fraction of sp³-hybridized carbons (Fsp3) is 0.643. The Balaban J connectivity index is 1.98. The molecule has 1 aliphatic carbocycles. The minimum absolute atomic E-state index is 0.118. The third-order valence-electron chi connectivity index (χ3n) is 4.03. The molecule has 1 heterocycles. The molecule has 1 saturated carbocycles. The lowest BCUT2D eigenvalue weighted by molar-refractivity contribution is -0.135. The van der Waals surface area contributed by atoms with Gasteiger partial charge in [0.1, 0.15) is 5.76 Å². The van der Waals surface area contributed by atoms with Crippen LogP contribution in [0.4, 0.5) is 0 Å². The second-order valence-electron chi connectivity index (χ2n) is 5.23. The normalized spacial score (nSPS) is 23.3. The van der Waals surface area contributed by atoms with E-state index in [2.05, 4.69) is 0 Å². The standard InChI is InChI=1S/C14H22N2O2/c1-10-12(6-7-18-10)9-16(2)14(17)13-5-3-4-11(13)8-15/h6-7,11,13H,3-5,8-9,15H2,1-2H3. The second kappa shape index (κ2) is 5.57. The Morgan fingerprint density at radius 1 is 1.56 bits per heavy atom. The topological polar surface area (TPSA) is 59.5 Å². The van der Waals surface area contributed by atoms with E-state index in [9.17, 15) is 4.79 Å². The van der Waals surface area contributed by atoms with Gasteiger partial charge in [0.2, 0.25) is 5.91 Å². The largest absolute Gasteiger partial charge is 0.469 e. The molecule has 2 N–H and O–H groups in total. The van der Waals surface area contributed by atoms with Crippen molar-refractivity contribution in [1.29, 1.82) is 0 Å². The number of nitrogens with zero attached hydrogens (tertiary/aromatic N) is 1. The molecule has 4 heteroatoms. The molecule has 0 spiro atoms. The molecule has 0 saturated heterocycles. The van der Waals surface area contributed by atoms with Gasteiger partial charge >= 0.3 is 0 Å². The van der Waals surface area contributed by atoms with Gasteiger partial charge in [0.25, 0.3) is 0 Å². The maximum Gasteiger partial charge on any atom is 0.226 e. The molecule has 1 aliphatic rings. The monoisotopic (exact) mass is 250 g/mol. The zero-order valence-corrected chi connectivity index (χ0v) is 11.2. The predicted octanol–water partition coefficient (Wildman–Crippen LogP) is 1.92. The number of furan rings is 1. The number of nitrogens with two attached hydrogens (primary N) is 1. The Labute approximate surface area is 108 Å². The van der Waals surface area contributed by atoms with E-state index < -0.39 is 0 Å². The van der Waals surface area contributed by atoms with E-state index >= 15 is 0 Å². The van der Waals surface area contributed by atoms with Crippen molar-refractivity contribution in [2.75, 3.05) is 13.6 Å². The van der Waals surface area contributed by atoms with Crippen LogP contribution in [0, 0.1) is 18.8 Å². The van der Waals surface area contributed by atoms with Crippen LogP contribution >= 0.6 is 0 Å². The average molecular weight is 250 g/mol. The number of hydrogen-bond acceptors (Lipinski definition) is 3. The molecule has 2 rings (SSSR count). The van der Waals surface area contributed by atoms with Crippen molar-refractivity contribution >= 4 is 5.91 Å². The van der Waals surface area contributed by atoms with Crippen molar-refractivity contribution in [2.24, 2.45) is 17.6 Å². The summed E-state index contributed by atoms with van der Waals surface area (Å²) in [6, 6.07) is 1.92. The highest BCUT2D eigenvalue weighted by atomic mass is 16.3. The van der Waals surface area contributed by atoms with Crippen molar-refractivity contribution in [3.05, 3.63) is 23.7 Å². The number of carbonyl (C=O) groups is 1. The molecule has 1 fully saturated rings. The lowest BCUT2D eigenvalue weighted by Crippen LogP contribution is -2.36. The van der Waals surface area contributed by atoms with Crippen molar-refractivity contribution < 1.29 is 9.21 Å². The molecule has 100 valence electrons. The molecule has 0 aromatic carbocycles. The Bertz CT molecular complexity index is 414. The molecule has 1 amide bonds. The summed E-state index contributed by atoms with van der Waals surface area (Å²) in [4.78, 5) is 14.2. The van der Waals surface area contributed by atoms with Gasteiger partial charge in [-0.2, -0.15) is 0 Å². The summed E-state index contributed by atoms with van der Waals surface area (Å²) in [7, 11) is 1.86. The van der Waals surface area contributed by atoms with Crippen molar-refractivity contribution in [1.82, 2.24) is 4.90 Å². The summed E-state index contributed by atoms with van der Waals surface area (Å²) in [5.74, 6) is 1.60. The zero-order valence-electron chi connectivity index (χ0n) is 11.2. The summed E-state index contributed by atoms with van der Waals surface area (Å²) >= 11 is 0. The first-order valence-electron chi connectivity index (χ1n) is 6.61. The van der Waals surface area contributed by atoms with Gasteiger partial charge in [-0.1, -0.05) is 6.42 Å². The zero-order chi connectivity index (χ0) is 13.1. The first-order chi connectivity index (χ1) is 8.63. The van der Waals surface area contributed by atoms with Gasteiger partial charge in [0.15, 0.2) is 0 Å². The molecular weight excluding hydrogens is 228 g/mol. The number of aryl methyl sites for hydroxylation is 1. The Morgan fingerprint density at radius 3 is 2.94 bits per heavy atom. The Hall–Kier alpha value is -1.29. The molecule has 0 radical (unpaired) electrons. The number of carbonyl (C=O) groups excluding carboxylic acids is 1. The maximum absolute atomic E-state index is 12.4. The molecule has 18 heavy (non-hydrogen) atoms. The molecule has 1 aromatic rings. The number of hydrogen-bond donors (Lipinski definition) is 1. The number of amides is 1. The van der Waals surface area contributed by atoms with Gasteiger partial charge in [0, 0.05) is 25.1 Å². The second-order valence-corrected chi connectivity index (χ2v) is 5.23. The summed E-state index contributed by atoms with van der Waals surface area (Å²) < 4.78 is 5.25. The summed E-state index contributed by atoms with van der Waals surface area (Å²) in [6.07, 6.45) is 4.86. The SMILES string of the molecule is Cc1occc1CN(C)C(=O)C1CCCC1CN. The molecule has 1 aromatic heterocycles. The molecular formula is C14H22N2O2. The van der Waals surface area contributed by atoms with Crippen LogP contribution in [0.5, 0.6) is 0 Å². The lowest BCUT2D eigenvalue weighted by atomic mass is 9.95. The van der Waals surface area contributed by atoms with Crippen molar-refractivity contribution in [2.45, 2.75) is 32.7 Å². The van der Waals surface area contributed by atoms with E-state index in [4.69, 9.17) is 10.2 Å². The van der Waals surface area contributed by atoms with Crippen LogP contribution in [-0.2, 0) is 11.3 Å². The third kappa shape index (κ3) is 2.58. The predicted molar refractivity (Wildman–Crippen MR) is 69.8 cm³/mol. The minimum Gasteiger partial charge on any atom is -0.469 e.